The van der Waals surface area contributed by atoms with Gasteiger partial charge in [0.2, 0.25) is 6.21 Å². The summed E-state index contributed by atoms with van der Waals surface area (Å²) in [6, 6.07) is 7.09. The van der Waals surface area contributed by atoms with Gasteiger partial charge in [-0.05, 0) is 18.1 Å². The van der Waals surface area contributed by atoms with Crippen LogP contribution in [0.1, 0.15) is 23.7 Å². The van der Waals surface area contributed by atoms with E-state index < -0.39 is 24.0 Å². The smallest absolute Gasteiger partial charge is 0.320 e. The van der Waals surface area contributed by atoms with Crippen molar-refractivity contribution in [2.45, 2.75) is 12.5 Å². The highest BCUT2D eigenvalue weighted by atomic mass is 16.9. The highest BCUT2D eigenvalue weighted by Crippen LogP contribution is 2.30. The van der Waals surface area contributed by atoms with E-state index in [1.54, 1.807) is 24.3 Å². The Morgan fingerprint density at radius 1 is 1.29 bits per heavy atom. The van der Waals surface area contributed by atoms with Crippen molar-refractivity contribution in [3.05, 3.63) is 40.6 Å². The second kappa shape index (κ2) is 6.25. The van der Waals surface area contributed by atoms with Gasteiger partial charge in [-0.1, -0.05) is 18.2 Å². The number of rotatable bonds is 4. The lowest BCUT2D eigenvalue weighted by Gasteiger charge is -2.26. The van der Waals surface area contributed by atoms with Crippen LogP contribution in [0.4, 0.5) is 0 Å². The molecular weight excluding hydrogens is 278 g/mol. The van der Waals surface area contributed by atoms with Crippen molar-refractivity contribution >= 4 is 18.2 Å². The fraction of sp³-hybridized carbons (Fsp3) is 0.357. The van der Waals surface area contributed by atoms with Crippen molar-refractivity contribution in [2.24, 2.45) is 5.92 Å². The third kappa shape index (κ3) is 3.13. The van der Waals surface area contributed by atoms with Crippen molar-refractivity contribution < 1.29 is 28.8 Å². The van der Waals surface area contributed by atoms with Gasteiger partial charge in [0.1, 0.15) is 0 Å². The van der Waals surface area contributed by atoms with E-state index >= 15 is 0 Å². The Balaban J connectivity index is 2.27. The Kier molecular flexibility index (Phi) is 4.42. The molecule has 0 spiro atoms. The molecule has 1 heterocycles. The molecule has 1 unspecified atom stereocenters. The van der Waals surface area contributed by atoms with E-state index in [9.17, 15) is 14.8 Å². The van der Waals surface area contributed by atoms with E-state index in [-0.39, 0.29) is 6.42 Å². The SMILES string of the molecule is COC(=O)C(CC1O[N+]([O-])=Cc2ccccc21)C(=O)OC. The molecule has 1 atom stereocenters. The number of methoxy groups -OCH3 is 2. The Morgan fingerprint density at radius 2 is 1.90 bits per heavy atom. The maximum atomic E-state index is 11.7. The fourth-order valence-electron chi connectivity index (χ4n) is 2.21. The Bertz CT molecular complexity index is 567. The van der Waals surface area contributed by atoms with Crippen molar-refractivity contribution in [3.63, 3.8) is 0 Å². The highest BCUT2D eigenvalue weighted by Gasteiger charge is 2.34. The molecule has 1 aromatic rings. The predicted molar refractivity (Wildman–Crippen MR) is 71.2 cm³/mol. The molecule has 0 radical (unpaired) electrons. The van der Waals surface area contributed by atoms with E-state index in [0.29, 0.717) is 10.5 Å². The molecule has 0 fully saturated rings. The van der Waals surface area contributed by atoms with E-state index in [0.717, 1.165) is 5.56 Å². The number of nitrogens with zero attached hydrogens (tertiary/aromatic N) is 1. The number of ether oxygens (including phenoxy) is 2. The molecule has 112 valence electrons. The molecule has 0 bridgehead atoms. The molecule has 0 aromatic heterocycles. The van der Waals surface area contributed by atoms with E-state index in [1.165, 1.54) is 20.4 Å². The third-order valence-corrected chi connectivity index (χ3v) is 3.24. The molecule has 0 amide bonds. The van der Waals surface area contributed by atoms with E-state index in [1.807, 2.05) is 0 Å². The second-order valence-electron chi connectivity index (χ2n) is 4.47. The molecule has 0 aliphatic carbocycles. The van der Waals surface area contributed by atoms with Crippen LogP contribution in [-0.2, 0) is 23.9 Å². The van der Waals surface area contributed by atoms with Crippen LogP contribution in [0.15, 0.2) is 24.3 Å². The Labute approximate surface area is 121 Å². The summed E-state index contributed by atoms with van der Waals surface area (Å²) < 4.78 is 9.19. The van der Waals surface area contributed by atoms with Crippen LogP contribution in [0.5, 0.6) is 0 Å². The minimum Gasteiger partial charge on any atom is -0.468 e. The average Bonchev–Trinajstić information content (AvgIpc) is 2.50. The van der Waals surface area contributed by atoms with Crippen LogP contribution in [0.3, 0.4) is 0 Å². The monoisotopic (exact) mass is 293 g/mol. The zero-order valence-electron chi connectivity index (χ0n) is 11.6. The summed E-state index contributed by atoms with van der Waals surface area (Å²) >= 11 is 0. The molecule has 1 aliphatic rings. The highest BCUT2D eigenvalue weighted by molar-refractivity contribution is 5.94. The lowest BCUT2D eigenvalue weighted by Crippen LogP contribution is -2.31. The molecule has 1 aliphatic heterocycles. The molecule has 0 saturated heterocycles. The number of hydrogen-bond acceptors (Lipinski definition) is 6. The van der Waals surface area contributed by atoms with Crippen LogP contribution in [0.2, 0.25) is 0 Å². The van der Waals surface area contributed by atoms with Gasteiger partial charge >= 0.3 is 11.9 Å². The van der Waals surface area contributed by atoms with E-state index in [2.05, 4.69) is 9.47 Å². The normalized spacial score (nSPS) is 16.5. The lowest BCUT2D eigenvalue weighted by atomic mass is 9.93. The summed E-state index contributed by atoms with van der Waals surface area (Å²) in [4.78, 5) is 28.9. The Hall–Kier alpha value is -2.57. The predicted octanol–water partition coefficient (Wildman–Crippen LogP) is 0.954. The van der Waals surface area contributed by atoms with Gasteiger partial charge < -0.3 is 14.3 Å². The topological polar surface area (TPSA) is 87.9 Å². The quantitative estimate of drug-likeness (QED) is 0.466. The van der Waals surface area contributed by atoms with Gasteiger partial charge in [-0.2, -0.15) is 0 Å². The molecule has 0 saturated carbocycles. The minimum atomic E-state index is -1.15. The number of benzene rings is 1. The number of carbonyl (C=O) groups excluding carboxylic acids is 2. The van der Waals surface area contributed by atoms with Crippen LogP contribution in [0.25, 0.3) is 0 Å². The van der Waals surface area contributed by atoms with Crippen molar-refractivity contribution in [3.8, 4) is 0 Å². The lowest BCUT2D eigenvalue weighted by molar-refractivity contribution is -0.754. The molecule has 21 heavy (non-hydrogen) atoms. The van der Waals surface area contributed by atoms with Crippen molar-refractivity contribution in [2.75, 3.05) is 14.2 Å². The number of hydrogen-bond donors (Lipinski definition) is 0. The molecule has 0 N–H and O–H groups in total. The Morgan fingerprint density at radius 3 is 2.52 bits per heavy atom. The summed E-state index contributed by atoms with van der Waals surface area (Å²) in [5, 5.41) is 11.5. The molecule has 2 rings (SSSR count). The first-order valence-corrected chi connectivity index (χ1v) is 6.29. The number of esters is 2. The average molecular weight is 293 g/mol. The van der Waals surface area contributed by atoms with Gasteiger partial charge in [-0.15, -0.1) is 0 Å². The first-order valence-electron chi connectivity index (χ1n) is 6.29. The molecule has 7 heteroatoms. The van der Waals surface area contributed by atoms with Crippen LogP contribution in [0, 0.1) is 11.1 Å². The van der Waals surface area contributed by atoms with Gasteiger partial charge in [-0.25, -0.2) is 0 Å². The first kappa shape index (κ1) is 14.8. The van der Waals surface area contributed by atoms with Gasteiger partial charge in [0.05, 0.1) is 20.3 Å². The molecular formula is C14H15NO6. The van der Waals surface area contributed by atoms with Crippen LogP contribution >= 0.6 is 0 Å². The maximum Gasteiger partial charge on any atom is 0.320 e. The molecule has 1 aromatic carbocycles. The summed E-state index contributed by atoms with van der Waals surface area (Å²) in [6.45, 7) is 0. The fourth-order valence-corrected chi connectivity index (χ4v) is 2.21. The van der Waals surface area contributed by atoms with Crippen molar-refractivity contribution in [1.82, 2.24) is 0 Å². The first-order chi connectivity index (χ1) is 10.1. The standard InChI is InChI=1S/C14H15NO6/c1-19-13(16)11(14(17)20-2)7-12-10-6-4-3-5-9(10)8-15(18)21-12/h3-6,8,11-12H,7H2,1-2H3. The third-order valence-electron chi connectivity index (χ3n) is 3.24. The second-order valence-corrected chi connectivity index (χ2v) is 4.47. The summed E-state index contributed by atoms with van der Waals surface area (Å²) in [6.07, 6.45) is 0.520. The zero-order valence-corrected chi connectivity index (χ0v) is 11.6. The van der Waals surface area contributed by atoms with E-state index in [4.69, 9.17) is 4.84 Å². The van der Waals surface area contributed by atoms with Crippen LogP contribution < -0.4 is 0 Å². The van der Waals surface area contributed by atoms with Gasteiger partial charge in [0.25, 0.3) is 0 Å². The summed E-state index contributed by atoms with van der Waals surface area (Å²) in [7, 11) is 2.36. The number of carbonyl (C=O) groups is 2. The number of fused-ring (bicyclic) bond motifs is 1. The van der Waals surface area contributed by atoms with Gasteiger partial charge in [-0.3, -0.25) is 14.8 Å². The maximum absolute atomic E-state index is 11.7. The van der Waals surface area contributed by atoms with Gasteiger partial charge in [0, 0.05) is 10.5 Å². The largest absolute Gasteiger partial charge is 0.468 e. The zero-order chi connectivity index (χ0) is 15.4. The molecule has 7 nitrogen and oxygen atoms in total. The summed E-state index contributed by atoms with van der Waals surface area (Å²) in [5.74, 6) is -2.60. The van der Waals surface area contributed by atoms with Gasteiger partial charge in [0.15, 0.2) is 5.92 Å². The van der Waals surface area contributed by atoms with Crippen molar-refractivity contribution in [1.29, 1.82) is 0 Å². The summed E-state index contributed by atoms with van der Waals surface area (Å²) in [5.41, 5.74) is 1.40. The minimum absolute atomic E-state index is 0.0388. The van der Waals surface area contributed by atoms with Crippen LogP contribution in [-0.4, -0.2) is 37.3 Å².